The molecule has 1 saturated heterocycles. The summed E-state index contributed by atoms with van der Waals surface area (Å²) in [6, 6.07) is 10.7. The molecule has 2 aromatic rings. The fourth-order valence-electron chi connectivity index (χ4n) is 2.97. The van der Waals surface area contributed by atoms with Crippen LogP contribution in [0.2, 0.25) is 0 Å². The summed E-state index contributed by atoms with van der Waals surface area (Å²) >= 11 is 0. The van der Waals surface area contributed by atoms with Gasteiger partial charge in [0.2, 0.25) is 5.91 Å². The van der Waals surface area contributed by atoms with Crippen LogP contribution >= 0.6 is 0 Å². The molecule has 4 nitrogen and oxygen atoms in total. The molecule has 0 aromatic heterocycles. The van der Waals surface area contributed by atoms with Crippen LogP contribution in [-0.2, 0) is 4.79 Å². The predicted molar refractivity (Wildman–Crippen MR) is 90.0 cm³/mol. The molecule has 0 bridgehead atoms. The number of carbonyl (C=O) groups is 2. The lowest BCUT2D eigenvalue weighted by molar-refractivity contribution is -0.121. The maximum absolute atomic E-state index is 13.8. The molecular weight excluding hydrogens is 345 g/mol. The first-order valence-electron chi connectivity index (χ1n) is 8.26. The predicted octanol–water partition coefficient (Wildman–Crippen LogP) is 3.59. The van der Waals surface area contributed by atoms with E-state index in [0.717, 1.165) is 12.1 Å². The number of nitrogens with zero attached hydrogens (tertiary/aromatic N) is 1. The summed E-state index contributed by atoms with van der Waals surface area (Å²) in [6.07, 6.45) is 0.825. The van der Waals surface area contributed by atoms with Gasteiger partial charge in [0.15, 0.2) is 17.5 Å². The molecule has 1 N–H and O–H groups in total. The van der Waals surface area contributed by atoms with Gasteiger partial charge in [-0.3, -0.25) is 9.59 Å². The highest BCUT2D eigenvalue weighted by atomic mass is 19.2. The van der Waals surface area contributed by atoms with E-state index >= 15 is 0 Å². The van der Waals surface area contributed by atoms with Crippen LogP contribution in [0.5, 0.6) is 0 Å². The molecule has 136 valence electrons. The molecule has 0 radical (unpaired) electrons. The SMILES string of the molecule is O=C(Nc1ccccc1)C1CCN(C(=O)c2ccc(F)c(F)c2F)CC1. The van der Waals surface area contributed by atoms with Crippen LogP contribution in [0.25, 0.3) is 0 Å². The smallest absolute Gasteiger partial charge is 0.256 e. The number of nitrogens with one attached hydrogen (secondary N) is 1. The summed E-state index contributed by atoms with van der Waals surface area (Å²) in [5.74, 6) is -5.60. The van der Waals surface area contributed by atoms with E-state index in [4.69, 9.17) is 0 Å². The first-order valence-corrected chi connectivity index (χ1v) is 8.26. The number of hydrogen-bond acceptors (Lipinski definition) is 2. The number of para-hydroxylation sites is 1. The Morgan fingerprint density at radius 1 is 0.923 bits per heavy atom. The fourth-order valence-corrected chi connectivity index (χ4v) is 2.97. The van der Waals surface area contributed by atoms with Crippen LogP contribution in [0.1, 0.15) is 23.2 Å². The van der Waals surface area contributed by atoms with Crippen molar-refractivity contribution in [3.8, 4) is 0 Å². The van der Waals surface area contributed by atoms with Gasteiger partial charge < -0.3 is 10.2 Å². The van der Waals surface area contributed by atoms with E-state index in [1.807, 2.05) is 18.2 Å². The first kappa shape index (κ1) is 18.0. The lowest BCUT2D eigenvalue weighted by Crippen LogP contribution is -2.41. The topological polar surface area (TPSA) is 49.4 Å². The third-order valence-corrected chi connectivity index (χ3v) is 4.46. The van der Waals surface area contributed by atoms with Crippen LogP contribution < -0.4 is 5.32 Å². The van der Waals surface area contributed by atoms with Gasteiger partial charge in [0, 0.05) is 24.7 Å². The summed E-state index contributed by atoms with van der Waals surface area (Å²) in [5, 5.41) is 2.82. The highest BCUT2D eigenvalue weighted by molar-refractivity contribution is 5.95. The Morgan fingerprint density at radius 2 is 1.58 bits per heavy atom. The van der Waals surface area contributed by atoms with Crippen molar-refractivity contribution >= 4 is 17.5 Å². The van der Waals surface area contributed by atoms with Crippen LogP contribution in [0.15, 0.2) is 42.5 Å². The van der Waals surface area contributed by atoms with Crippen molar-refractivity contribution in [1.82, 2.24) is 4.90 Å². The van der Waals surface area contributed by atoms with E-state index in [2.05, 4.69) is 5.32 Å². The van der Waals surface area contributed by atoms with Gasteiger partial charge >= 0.3 is 0 Å². The molecule has 7 heteroatoms. The minimum atomic E-state index is -1.66. The van der Waals surface area contributed by atoms with E-state index in [-0.39, 0.29) is 24.9 Å². The highest BCUT2D eigenvalue weighted by Gasteiger charge is 2.30. The van der Waals surface area contributed by atoms with Crippen molar-refractivity contribution in [3.63, 3.8) is 0 Å². The Bertz CT molecular complexity index is 819. The highest BCUT2D eigenvalue weighted by Crippen LogP contribution is 2.23. The number of piperidine rings is 1. The molecule has 0 atom stereocenters. The molecule has 0 spiro atoms. The molecule has 0 aliphatic carbocycles. The minimum absolute atomic E-state index is 0.137. The lowest BCUT2D eigenvalue weighted by Gasteiger charge is -2.31. The van der Waals surface area contributed by atoms with E-state index < -0.39 is 28.9 Å². The molecule has 26 heavy (non-hydrogen) atoms. The van der Waals surface area contributed by atoms with Crippen molar-refractivity contribution in [2.45, 2.75) is 12.8 Å². The number of rotatable bonds is 3. The second-order valence-electron chi connectivity index (χ2n) is 6.14. The number of amides is 2. The molecule has 3 rings (SSSR count). The Hall–Kier alpha value is -2.83. The quantitative estimate of drug-likeness (QED) is 0.849. The van der Waals surface area contributed by atoms with Gasteiger partial charge in [0.05, 0.1) is 5.56 Å². The summed E-state index contributed by atoms with van der Waals surface area (Å²) in [5.41, 5.74) is 0.191. The van der Waals surface area contributed by atoms with Crippen molar-refractivity contribution < 1.29 is 22.8 Å². The standard InChI is InChI=1S/C19H17F3N2O2/c20-15-7-6-14(16(21)17(15)22)19(26)24-10-8-12(9-11-24)18(25)23-13-4-2-1-3-5-13/h1-7,12H,8-11H2,(H,23,25). The van der Waals surface area contributed by atoms with Gasteiger partial charge in [-0.25, -0.2) is 13.2 Å². The third-order valence-electron chi connectivity index (χ3n) is 4.46. The van der Waals surface area contributed by atoms with Crippen molar-refractivity contribution in [2.75, 3.05) is 18.4 Å². The average molecular weight is 362 g/mol. The number of anilines is 1. The zero-order valence-corrected chi connectivity index (χ0v) is 13.8. The maximum atomic E-state index is 13.8. The molecule has 2 aromatic carbocycles. The lowest BCUT2D eigenvalue weighted by atomic mass is 9.95. The molecule has 0 saturated carbocycles. The normalized spacial score (nSPS) is 15.0. The average Bonchev–Trinajstić information content (AvgIpc) is 2.67. The Labute approximate surface area is 148 Å². The molecule has 1 fully saturated rings. The molecule has 1 heterocycles. The number of likely N-dealkylation sites (tertiary alicyclic amines) is 1. The molecule has 0 unspecified atom stereocenters. The number of hydrogen-bond donors (Lipinski definition) is 1. The molecular formula is C19H17F3N2O2. The summed E-state index contributed by atoms with van der Waals surface area (Å²) in [7, 11) is 0. The first-order chi connectivity index (χ1) is 12.5. The Balaban J connectivity index is 1.61. The third kappa shape index (κ3) is 3.71. The number of carbonyl (C=O) groups excluding carboxylic acids is 2. The Morgan fingerprint density at radius 3 is 2.23 bits per heavy atom. The van der Waals surface area contributed by atoms with Crippen molar-refractivity contribution in [3.05, 3.63) is 65.5 Å². The van der Waals surface area contributed by atoms with E-state index in [9.17, 15) is 22.8 Å². The second kappa shape index (κ2) is 7.59. The monoisotopic (exact) mass is 362 g/mol. The zero-order chi connectivity index (χ0) is 18.7. The van der Waals surface area contributed by atoms with Crippen LogP contribution in [0.4, 0.5) is 18.9 Å². The van der Waals surface area contributed by atoms with E-state index in [1.54, 1.807) is 12.1 Å². The number of benzene rings is 2. The molecule has 1 aliphatic rings. The second-order valence-corrected chi connectivity index (χ2v) is 6.14. The summed E-state index contributed by atoms with van der Waals surface area (Å²) < 4.78 is 40.1. The van der Waals surface area contributed by atoms with Gasteiger partial charge in [-0.1, -0.05) is 18.2 Å². The van der Waals surface area contributed by atoms with Gasteiger partial charge in [0.25, 0.3) is 5.91 Å². The summed E-state index contributed by atoms with van der Waals surface area (Å²) in [4.78, 5) is 26.0. The minimum Gasteiger partial charge on any atom is -0.339 e. The zero-order valence-electron chi connectivity index (χ0n) is 13.8. The molecule has 2 amide bonds. The maximum Gasteiger partial charge on any atom is 0.256 e. The van der Waals surface area contributed by atoms with Crippen LogP contribution in [-0.4, -0.2) is 29.8 Å². The van der Waals surface area contributed by atoms with Crippen LogP contribution in [0, 0.1) is 23.4 Å². The van der Waals surface area contributed by atoms with Gasteiger partial charge in [-0.15, -0.1) is 0 Å². The van der Waals surface area contributed by atoms with E-state index in [0.29, 0.717) is 18.5 Å². The van der Waals surface area contributed by atoms with Crippen molar-refractivity contribution in [1.29, 1.82) is 0 Å². The van der Waals surface area contributed by atoms with Crippen molar-refractivity contribution in [2.24, 2.45) is 5.92 Å². The van der Waals surface area contributed by atoms with E-state index in [1.165, 1.54) is 4.90 Å². The largest absolute Gasteiger partial charge is 0.339 e. The van der Waals surface area contributed by atoms with Gasteiger partial charge in [-0.2, -0.15) is 0 Å². The van der Waals surface area contributed by atoms with Gasteiger partial charge in [0.1, 0.15) is 0 Å². The molecule has 1 aliphatic heterocycles. The Kier molecular flexibility index (Phi) is 5.25. The number of halogens is 3. The fraction of sp³-hybridized carbons (Fsp3) is 0.263. The summed E-state index contributed by atoms with van der Waals surface area (Å²) in [6.45, 7) is 0.480. The van der Waals surface area contributed by atoms with Gasteiger partial charge in [-0.05, 0) is 37.1 Å². The van der Waals surface area contributed by atoms with Crippen LogP contribution in [0.3, 0.4) is 0 Å².